The molecule has 0 atom stereocenters. The number of hydrogen-bond donors (Lipinski definition) is 0. The molecule has 0 amide bonds. The molecule has 20 heavy (non-hydrogen) atoms. The minimum absolute atomic E-state index is 0.340. The summed E-state index contributed by atoms with van der Waals surface area (Å²) in [6.45, 7) is 0. The number of carbonyl (C=O) groups excluding carboxylic acids is 1. The minimum atomic E-state index is -4.35. The van der Waals surface area contributed by atoms with Crippen molar-refractivity contribution in [1.29, 1.82) is 0 Å². The Bertz CT molecular complexity index is 361. The Morgan fingerprint density at radius 2 is 1.25 bits per heavy atom. The van der Waals surface area contributed by atoms with Crippen molar-refractivity contribution in [2.45, 2.75) is 12.1 Å². The Kier molecular flexibility index (Phi) is 6.77. The van der Waals surface area contributed by atoms with Gasteiger partial charge in [0.1, 0.15) is 0 Å². The van der Waals surface area contributed by atoms with Crippen molar-refractivity contribution in [2.24, 2.45) is 0 Å². The van der Waals surface area contributed by atoms with Crippen molar-refractivity contribution in [3.05, 3.63) is 20.2 Å². The number of alkyl halides is 4. The van der Waals surface area contributed by atoms with E-state index in [4.69, 9.17) is 0 Å². The second-order valence-corrected chi connectivity index (χ2v) is 4.17. The summed E-state index contributed by atoms with van der Waals surface area (Å²) < 4.78 is 57.1. The molecule has 15 heteroatoms. The molecule has 0 aromatic rings. The van der Waals surface area contributed by atoms with E-state index in [1.807, 2.05) is 0 Å². The highest BCUT2D eigenvalue weighted by Gasteiger charge is 2.45. The quantitative estimate of drug-likeness (QED) is 0.214. The molecular weight excluding hydrogens is 340 g/mol. The molecule has 0 aliphatic carbocycles. The van der Waals surface area contributed by atoms with Crippen LogP contribution >= 0.6 is 24.1 Å². The zero-order valence-electron chi connectivity index (χ0n) is 8.99. The number of nitrogens with zero attached hydrogens (tertiary/aromatic N) is 2. The molecule has 9 nitrogen and oxygen atoms in total. The standard InChI is InChI=1S/C5H4F4N2O7S2/c6-4(7,10(13)14)1-19-17-3(12)18-20-2-5(8,9)11(15)16/h1-2H2. The Balaban J connectivity index is 3.92. The summed E-state index contributed by atoms with van der Waals surface area (Å²) in [5.74, 6) is -3.05. The average molecular weight is 344 g/mol. The number of rotatable bonds is 8. The molecule has 0 aromatic carbocycles. The largest absolute Gasteiger partial charge is 0.533 e. The Labute approximate surface area is 115 Å². The lowest BCUT2D eigenvalue weighted by molar-refractivity contribution is -0.636. The van der Waals surface area contributed by atoms with Gasteiger partial charge in [0.2, 0.25) is 0 Å². The van der Waals surface area contributed by atoms with Gasteiger partial charge in [0, 0.05) is 0 Å². The van der Waals surface area contributed by atoms with Crippen LogP contribution in [0.15, 0.2) is 0 Å². The molecule has 0 saturated carbocycles. The van der Waals surface area contributed by atoms with Crippen molar-refractivity contribution in [3.63, 3.8) is 0 Å². The molecule has 0 spiro atoms. The summed E-state index contributed by atoms with van der Waals surface area (Å²) in [6.07, 6.45) is -1.72. The van der Waals surface area contributed by atoms with Gasteiger partial charge in [-0.3, -0.25) is 20.2 Å². The first-order valence-corrected chi connectivity index (χ1v) is 5.98. The van der Waals surface area contributed by atoms with Gasteiger partial charge < -0.3 is 8.37 Å². The van der Waals surface area contributed by atoms with Gasteiger partial charge in [0.15, 0.2) is 11.5 Å². The first-order chi connectivity index (χ1) is 8.99. The van der Waals surface area contributed by atoms with Crippen LogP contribution in [0.25, 0.3) is 0 Å². The summed E-state index contributed by atoms with van der Waals surface area (Å²) in [5.41, 5.74) is 0. The first-order valence-electron chi connectivity index (χ1n) is 4.16. The van der Waals surface area contributed by atoms with Crippen LogP contribution in [0.1, 0.15) is 0 Å². The molecule has 0 aliphatic heterocycles. The maximum absolute atomic E-state index is 12.4. The van der Waals surface area contributed by atoms with Gasteiger partial charge in [-0.05, 0) is 0 Å². The molecule has 0 fully saturated rings. The van der Waals surface area contributed by atoms with Gasteiger partial charge in [-0.25, -0.2) is 4.79 Å². The maximum Gasteiger partial charge on any atom is 0.533 e. The lowest BCUT2D eigenvalue weighted by atomic mass is 10.7. The van der Waals surface area contributed by atoms with Gasteiger partial charge in [0.25, 0.3) is 0 Å². The van der Waals surface area contributed by atoms with Crippen molar-refractivity contribution < 1.29 is 40.6 Å². The van der Waals surface area contributed by atoms with Crippen molar-refractivity contribution in [1.82, 2.24) is 0 Å². The van der Waals surface area contributed by atoms with Crippen LogP contribution in [-0.4, -0.2) is 39.6 Å². The fraction of sp³-hybridized carbons (Fsp3) is 0.800. The molecule has 0 aromatic heterocycles. The number of hydrogen-bond acceptors (Lipinski definition) is 9. The Hall–Kier alpha value is -1.51. The molecule has 0 aliphatic rings. The minimum Gasteiger partial charge on any atom is -0.358 e. The highest BCUT2D eigenvalue weighted by molar-refractivity contribution is 7.96. The van der Waals surface area contributed by atoms with Gasteiger partial charge >= 0.3 is 18.2 Å². The zero-order chi connectivity index (χ0) is 16.0. The molecule has 0 unspecified atom stereocenters. The van der Waals surface area contributed by atoms with E-state index in [-0.39, 0.29) is 24.1 Å². The number of carbonyl (C=O) groups is 1. The molecule has 0 rings (SSSR count). The second-order valence-electron chi connectivity index (χ2n) is 2.79. The average Bonchev–Trinajstić information content (AvgIpc) is 2.27. The van der Waals surface area contributed by atoms with Crippen molar-refractivity contribution in [3.8, 4) is 0 Å². The van der Waals surface area contributed by atoms with E-state index in [9.17, 15) is 42.6 Å². The van der Waals surface area contributed by atoms with Gasteiger partial charge in [-0.2, -0.15) is 0 Å². The van der Waals surface area contributed by atoms with E-state index in [0.29, 0.717) is 0 Å². The summed E-state index contributed by atoms with van der Waals surface area (Å²) in [6, 6.07) is -8.70. The molecule has 0 saturated heterocycles. The predicted molar refractivity (Wildman–Crippen MR) is 56.4 cm³/mol. The highest BCUT2D eigenvalue weighted by atomic mass is 32.2. The third-order valence-electron chi connectivity index (χ3n) is 1.25. The van der Waals surface area contributed by atoms with Crippen molar-refractivity contribution in [2.75, 3.05) is 11.5 Å². The van der Waals surface area contributed by atoms with Crippen molar-refractivity contribution >= 4 is 30.2 Å². The zero-order valence-corrected chi connectivity index (χ0v) is 10.6. The summed E-state index contributed by atoms with van der Waals surface area (Å²) in [5, 5.41) is 19.5. The second kappa shape index (κ2) is 7.32. The monoisotopic (exact) mass is 344 g/mol. The lowest BCUT2D eigenvalue weighted by Crippen LogP contribution is -2.31. The molecule has 0 radical (unpaired) electrons. The molecular formula is C5H4F4N2O7S2. The molecule has 0 bridgehead atoms. The first kappa shape index (κ1) is 18.5. The van der Waals surface area contributed by atoms with Gasteiger partial charge in [-0.1, -0.05) is 0 Å². The van der Waals surface area contributed by atoms with Crippen LogP contribution in [-0.2, 0) is 8.37 Å². The van der Waals surface area contributed by atoms with Crippen LogP contribution in [0.3, 0.4) is 0 Å². The van der Waals surface area contributed by atoms with Gasteiger partial charge in [0.05, 0.1) is 33.9 Å². The normalized spacial score (nSPS) is 11.8. The van der Waals surface area contributed by atoms with Crippen LogP contribution in [0.5, 0.6) is 0 Å². The Morgan fingerprint density at radius 1 is 0.950 bits per heavy atom. The van der Waals surface area contributed by atoms with E-state index in [2.05, 4.69) is 8.37 Å². The fourth-order valence-electron chi connectivity index (χ4n) is 0.416. The van der Waals surface area contributed by atoms with Crippen LogP contribution in [0.4, 0.5) is 22.4 Å². The third kappa shape index (κ3) is 6.60. The van der Waals surface area contributed by atoms with Crippen LogP contribution in [0, 0.1) is 20.2 Å². The predicted octanol–water partition coefficient (Wildman–Crippen LogP) is 2.18. The van der Waals surface area contributed by atoms with Gasteiger partial charge in [-0.15, -0.1) is 17.6 Å². The smallest absolute Gasteiger partial charge is 0.358 e. The number of halogens is 4. The van der Waals surface area contributed by atoms with E-state index in [1.54, 1.807) is 0 Å². The SMILES string of the molecule is O=C(OSCC(F)(F)[N+](=O)[O-])OSCC(F)(F)[N+](=O)[O-]. The van der Waals surface area contributed by atoms with E-state index in [1.165, 1.54) is 0 Å². The van der Waals surface area contributed by atoms with E-state index < -0.39 is 39.6 Å². The molecule has 0 heterocycles. The fourth-order valence-corrected chi connectivity index (χ4v) is 1.33. The number of nitro groups is 2. The van der Waals surface area contributed by atoms with Crippen LogP contribution in [0.2, 0.25) is 0 Å². The van der Waals surface area contributed by atoms with Crippen LogP contribution < -0.4 is 0 Å². The molecule has 116 valence electrons. The third-order valence-corrected chi connectivity index (χ3v) is 2.69. The van der Waals surface area contributed by atoms with E-state index >= 15 is 0 Å². The molecule has 0 N–H and O–H groups in total. The highest BCUT2D eigenvalue weighted by Crippen LogP contribution is 2.24. The lowest BCUT2D eigenvalue weighted by Gasteiger charge is -2.07. The summed E-state index contributed by atoms with van der Waals surface area (Å²) in [7, 11) is 0. The Morgan fingerprint density at radius 3 is 1.50 bits per heavy atom. The maximum atomic E-state index is 12.4. The summed E-state index contributed by atoms with van der Waals surface area (Å²) >= 11 is -0.680. The topological polar surface area (TPSA) is 122 Å². The summed E-state index contributed by atoms with van der Waals surface area (Å²) in [4.78, 5) is 26.3. The van der Waals surface area contributed by atoms with E-state index in [0.717, 1.165) is 0 Å².